The number of fused-ring (bicyclic) bond motifs is 3. The average molecular weight is 360 g/mol. The molecule has 0 radical (unpaired) electrons. The zero-order valence-corrected chi connectivity index (χ0v) is 15.0. The Morgan fingerprint density at radius 1 is 1.15 bits per heavy atom. The Morgan fingerprint density at radius 3 is 2.59 bits per heavy atom. The van der Waals surface area contributed by atoms with Crippen molar-refractivity contribution in [2.24, 2.45) is 5.41 Å². The van der Waals surface area contributed by atoms with Crippen molar-refractivity contribution < 1.29 is 19.8 Å². The van der Waals surface area contributed by atoms with Crippen molar-refractivity contribution in [1.82, 2.24) is 0 Å². The molecule has 2 aromatic rings. The molecule has 0 saturated heterocycles. The minimum absolute atomic E-state index is 0.110. The normalized spacial score (nSPS) is 21.4. The first kappa shape index (κ1) is 17.3. The Bertz CT molecular complexity index is 1010. The first-order chi connectivity index (χ1) is 12.9. The first-order valence-corrected chi connectivity index (χ1v) is 8.99. The maximum Gasteiger partial charge on any atom is 0.328 e. The zero-order chi connectivity index (χ0) is 19.2. The minimum Gasteiger partial charge on any atom is -0.508 e. The number of carbonyl (C=O) groups excluding carboxylic acids is 1. The van der Waals surface area contributed by atoms with E-state index in [9.17, 15) is 14.7 Å². The molecule has 0 fully saturated rings. The molecule has 2 aliphatic rings. The Kier molecular flexibility index (Phi) is 3.99. The molecule has 136 valence electrons. The lowest BCUT2D eigenvalue weighted by molar-refractivity contribution is -0.131. The van der Waals surface area contributed by atoms with Gasteiger partial charge in [0.05, 0.1) is 0 Å². The highest BCUT2D eigenvalue weighted by molar-refractivity contribution is 6.30. The van der Waals surface area contributed by atoms with Gasteiger partial charge >= 0.3 is 5.97 Å². The number of aliphatic carboxylic acids is 1. The number of rotatable bonds is 3. The van der Waals surface area contributed by atoms with E-state index in [-0.39, 0.29) is 16.9 Å². The van der Waals surface area contributed by atoms with Crippen LogP contribution in [0, 0.1) is 5.41 Å². The highest BCUT2D eigenvalue weighted by atomic mass is 16.4. The topological polar surface area (TPSA) is 74.6 Å². The van der Waals surface area contributed by atoms with Crippen LogP contribution < -0.4 is 0 Å². The van der Waals surface area contributed by atoms with Gasteiger partial charge in [0.25, 0.3) is 0 Å². The number of phenols is 1. The molecular weight excluding hydrogens is 340 g/mol. The number of hydrogen-bond donors (Lipinski definition) is 2. The monoisotopic (exact) mass is 360 g/mol. The molecule has 0 heterocycles. The van der Waals surface area contributed by atoms with E-state index in [1.54, 1.807) is 12.1 Å². The molecule has 2 N–H and O–H groups in total. The Labute approximate surface area is 157 Å². The third kappa shape index (κ3) is 2.97. The highest BCUT2D eigenvalue weighted by Gasteiger charge is 2.44. The smallest absolute Gasteiger partial charge is 0.328 e. The van der Waals surface area contributed by atoms with Crippen LogP contribution in [0.2, 0.25) is 0 Å². The van der Waals surface area contributed by atoms with Crippen LogP contribution in [0.3, 0.4) is 0 Å². The fourth-order valence-electron chi connectivity index (χ4n) is 4.34. The van der Waals surface area contributed by atoms with Gasteiger partial charge in [-0.15, -0.1) is 0 Å². The molecule has 0 aromatic heterocycles. The molecule has 0 spiro atoms. The summed E-state index contributed by atoms with van der Waals surface area (Å²) in [5, 5.41) is 18.6. The van der Waals surface area contributed by atoms with Crippen molar-refractivity contribution in [2.45, 2.75) is 26.2 Å². The summed E-state index contributed by atoms with van der Waals surface area (Å²) in [5.41, 5.74) is 5.48. The first-order valence-electron chi connectivity index (χ1n) is 8.99. The molecule has 2 aliphatic carbocycles. The van der Waals surface area contributed by atoms with Gasteiger partial charge in [-0.1, -0.05) is 37.3 Å². The van der Waals surface area contributed by atoms with Crippen molar-refractivity contribution in [3.8, 4) is 5.75 Å². The van der Waals surface area contributed by atoms with E-state index in [1.807, 2.05) is 30.3 Å². The van der Waals surface area contributed by atoms with E-state index >= 15 is 0 Å². The van der Waals surface area contributed by atoms with E-state index in [0.29, 0.717) is 6.42 Å². The molecule has 4 rings (SSSR count). The van der Waals surface area contributed by atoms with E-state index in [0.717, 1.165) is 52.3 Å². The lowest BCUT2D eigenvalue weighted by Gasteiger charge is -2.33. The van der Waals surface area contributed by atoms with E-state index < -0.39 is 5.97 Å². The fourth-order valence-corrected chi connectivity index (χ4v) is 4.34. The molecule has 0 amide bonds. The molecule has 4 heteroatoms. The molecule has 0 saturated carbocycles. The van der Waals surface area contributed by atoms with E-state index in [2.05, 4.69) is 6.92 Å². The molecule has 1 atom stereocenters. The summed E-state index contributed by atoms with van der Waals surface area (Å²) in [4.78, 5) is 23.5. The summed E-state index contributed by atoms with van der Waals surface area (Å²) < 4.78 is 0. The number of carboxylic acids is 1. The van der Waals surface area contributed by atoms with E-state index in [4.69, 9.17) is 5.11 Å². The van der Waals surface area contributed by atoms with Crippen molar-refractivity contribution in [1.29, 1.82) is 0 Å². The molecule has 4 nitrogen and oxygen atoms in total. The maximum atomic E-state index is 12.9. The van der Waals surface area contributed by atoms with Gasteiger partial charge < -0.3 is 10.2 Å². The summed E-state index contributed by atoms with van der Waals surface area (Å²) in [6.07, 6.45) is 4.77. The number of phenolic OH excluding ortho intramolecular Hbond substituents is 1. The largest absolute Gasteiger partial charge is 0.508 e. The molecule has 2 aromatic carbocycles. The number of benzene rings is 2. The van der Waals surface area contributed by atoms with Gasteiger partial charge in [-0.05, 0) is 64.3 Å². The van der Waals surface area contributed by atoms with Crippen molar-refractivity contribution >= 4 is 29.0 Å². The van der Waals surface area contributed by atoms with Gasteiger partial charge in [0.15, 0.2) is 5.78 Å². The van der Waals surface area contributed by atoms with Gasteiger partial charge in [-0.2, -0.15) is 0 Å². The van der Waals surface area contributed by atoms with Gasteiger partial charge in [0.1, 0.15) is 5.75 Å². The second-order valence-electron chi connectivity index (χ2n) is 7.55. The molecule has 0 bridgehead atoms. The van der Waals surface area contributed by atoms with Crippen molar-refractivity contribution in [3.63, 3.8) is 0 Å². The van der Waals surface area contributed by atoms with Gasteiger partial charge in [0.2, 0.25) is 0 Å². The van der Waals surface area contributed by atoms with Crippen LogP contribution in [0.5, 0.6) is 5.75 Å². The van der Waals surface area contributed by atoms with Crippen LogP contribution >= 0.6 is 0 Å². The number of aromatic hydroxyl groups is 1. The van der Waals surface area contributed by atoms with Crippen LogP contribution in [-0.2, 0) is 16.0 Å². The van der Waals surface area contributed by atoms with Crippen molar-refractivity contribution in [2.75, 3.05) is 0 Å². The summed E-state index contributed by atoms with van der Waals surface area (Å²) in [5.74, 6) is -0.607. The van der Waals surface area contributed by atoms with Gasteiger partial charge in [0, 0.05) is 18.1 Å². The number of Topliss-reactive ketones (excluding diaryl/α,β-unsaturated/α-hetero) is 1. The second-order valence-corrected chi connectivity index (χ2v) is 7.55. The van der Waals surface area contributed by atoms with Gasteiger partial charge in [-0.25, -0.2) is 4.79 Å². The summed E-state index contributed by atoms with van der Waals surface area (Å²) in [7, 11) is 0. The number of ketones is 1. The number of hydrogen-bond acceptors (Lipinski definition) is 3. The van der Waals surface area contributed by atoms with Crippen LogP contribution in [0.4, 0.5) is 0 Å². The summed E-state index contributed by atoms with van der Waals surface area (Å²) in [6, 6.07) is 12.8. The van der Waals surface area contributed by atoms with E-state index in [1.165, 1.54) is 6.08 Å². The maximum absolute atomic E-state index is 12.9. The Balaban J connectivity index is 1.85. The highest BCUT2D eigenvalue weighted by Crippen LogP contribution is 2.55. The number of carbonyl (C=O) groups is 2. The fraction of sp³-hybridized carbons (Fsp3) is 0.217. The SMILES string of the molecule is CC12CCC(=O)C(c3ccc(/C=C/C(=O)O)cc3)=C1c1ccc(O)cc1C2. The van der Waals surface area contributed by atoms with Crippen molar-refractivity contribution in [3.05, 3.63) is 70.8 Å². The lowest BCUT2D eigenvalue weighted by atomic mass is 9.70. The third-order valence-electron chi connectivity index (χ3n) is 5.59. The molecule has 1 unspecified atom stereocenters. The Hall–Kier alpha value is -3.14. The minimum atomic E-state index is -0.993. The quantitative estimate of drug-likeness (QED) is 0.799. The third-order valence-corrected chi connectivity index (χ3v) is 5.59. The number of allylic oxidation sites excluding steroid dienone is 2. The van der Waals surface area contributed by atoms with Crippen LogP contribution in [0.1, 0.15) is 42.0 Å². The predicted octanol–water partition coefficient (Wildman–Crippen LogP) is 4.33. The number of carboxylic acid groups (broad SMARTS) is 1. The lowest BCUT2D eigenvalue weighted by Crippen LogP contribution is -2.25. The van der Waals surface area contributed by atoms with Crippen LogP contribution in [0.15, 0.2) is 48.5 Å². The standard InChI is InChI=1S/C23H20O4/c1-23-11-10-19(25)21(15-5-2-14(3-6-15)4-9-20(26)27)22(23)18-8-7-17(24)12-16(18)13-23/h2-9,12,24H,10-11,13H2,1H3,(H,26,27)/b9-4+. The molecular formula is C23H20O4. The van der Waals surface area contributed by atoms with Gasteiger partial charge in [-0.3, -0.25) is 4.79 Å². The summed E-state index contributed by atoms with van der Waals surface area (Å²) >= 11 is 0. The zero-order valence-electron chi connectivity index (χ0n) is 15.0. The van der Waals surface area contributed by atoms with Crippen LogP contribution in [-0.4, -0.2) is 22.0 Å². The average Bonchev–Trinajstić information content (AvgIpc) is 2.92. The Morgan fingerprint density at radius 2 is 1.89 bits per heavy atom. The van der Waals surface area contributed by atoms with Crippen LogP contribution in [0.25, 0.3) is 17.2 Å². The second kappa shape index (κ2) is 6.23. The summed E-state index contributed by atoms with van der Waals surface area (Å²) in [6.45, 7) is 2.19. The molecule has 27 heavy (non-hydrogen) atoms. The predicted molar refractivity (Wildman–Crippen MR) is 104 cm³/mol. The molecule has 0 aliphatic heterocycles.